The first-order valence-electron chi connectivity index (χ1n) is 6.25. The van der Waals surface area contributed by atoms with Crippen LogP contribution in [0.5, 0.6) is 0 Å². The lowest BCUT2D eigenvalue weighted by molar-refractivity contribution is 0.0944. The van der Waals surface area contributed by atoms with E-state index in [1.54, 1.807) is 6.07 Å². The van der Waals surface area contributed by atoms with Crippen molar-refractivity contribution < 1.29 is 9.32 Å². The summed E-state index contributed by atoms with van der Waals surface area (Å²) in [6, 6.07) is 2.13. The minimum Gasteiger partial charge on any atom is -0.397 e. The van der Waals surface area contributed by atoms with Crippen molar-refractivity contribution >= 4 is 11.6 Å². The quantitative estimate of drug-likeness (QED) is 0.827. The first kappa shape index (κ1) is 11.8. The zero-order chi connectivity index (χ0) is 13.2. The molecule has 100 valence electrons. The molecule has 0 atom stereocenters. The lowest BCUT2D eigenvalue weighted by atomic mass is 10.3. The number of carbonyl (C=O) groups excluding carboxylic acids is 1. The number of aromatic nitrogens is 3. The average molecular weight is 261 g/mol. The van der Waals surface area contributed by atoms with E-state index in [1.807, 2.05) is 10.8 Å². The second kappa shape index (κ2) is 4.75. The lowest BCUT2D eigenvalue weighted by Gasteiger charge is -2.07. The summed E-state index contributed by atoms with van der Waals surface area (Å²) in [7, 11) is 0. The van der Waals surface area contributed by atoms with Crippen LogP contribution in [-0.4, -0.2) is 27.2 Å². The number of amides is 1. The summed E-state index contributed by atoms with van der Waals surface area (Å²) < 4.78 is 6.82. The zero-order valence-corrected chi connectivity index (χ0v) is 10.4. The number of nitrogen functional groups attached to an aromatic ring is 1. The van der Waals surface area contributed by atoms with Crippen LogP contribution in [0.2, 0.25) is 0 Å². The van der Waals surface area contributed by atoms with E-state index in [0.29, 0.717) is 36.3 Å². The van der Waals surface area contributed by atoms with Gasteiger partial charge in [0.15, 0.2) is 6.33 Å². The van der Waals surface area contributed by atoms with Crippen LogP contribution >= 0.6 is 0 Å². The van der Waals surface area contributed by atoms with Crippen molar-refractivity contribution in [2.24, 2.45) is 0 Å². The molecule has 0 spiro atoms. The van der Waals surface area contributed by atoms with Crippen LogP contribution in [0.15, 0.2) is 23.1 Å². The molecule has 0 radical (unpaired) electrons. The van der Waals surface area contributed by atoms with Gasteiger partial charge in [0.1, 0.15) is 5.69 Å². The van der Waals surface area contributed by atoms with Crippen molar-refractivity contribution in [3.8, 4) is 0 Å². The van der Waals surface area contributed by atoms with E-state index in [2.05, 4.69) is 15.5 Å². The molecular weight excluding hydrogens is 246 g/mol. The summed E-state index contributed by atoms with van der Waals surface area (Å²) in [5.41, 5.74) is 6.99. The molecule has 0 saturated heterocycles. The summed E-state index contributed by atoms with van der Waals surface area (Å²) in [5, 5.41) is 6.34. The third kappa shape index (κ3) is 2.59. The fraction of sp³-hybridized carbons (Fsp3) is 0.417. The molecule has 1 aliphatic carbocycles. The number of carbonyl (C=O) groups is 1. The Morgan fingerprint density at radius 1 is 1.58 bits per heavy atom. The van der Waals surface area contributed by atoms with E-state index in [4.69, 9.17) is 10.3 Å². The second-order valence-electron chi connectivity index (χ2n) is 4.64. The van der Waals surface area contributed by atoms with E-state index in [-0.39, 0.29) is 5.91 Å². The molecule has 2 heterocycles. The topological polar surface area (TPSA) is 99.0 Å². The minimum atomic E-state index is -0.122. The summed E-state index contributed by atoms with van der Waals surface area (Å²) in [4.78, 5) is 16.0. The van der Waals surface area contributed by atoms with Gasteiger partial charge < -0.3 is 20.1 Å². The Morgan fingerprint density at radius 3 is 3.11 bits per heavy atom. The predicted octanol–water partition coefficient (Wildman–Crippen LogP) is 0.761. The highest BCUT2D eigenvalue weighted by Crippen LogP contribution is 2.37. The Hall–Kier alpha value is -2.31. The van der Waals surface area contributed by atoms with Crippen LogP contribution in [-0.2, 0) is 6.42 Å². The Bertz CT molecular complexity index is 571. The van der Waals surface area contributed by atoms with Crippen LogP contribution < -0.4 is 11.1 Å². The highest BCUT2D eigenvalue weighted by molar-refractivity contribution is 5.93. The summed E-state index contributed by atoms with van der Waals surface area (Å²) in [6.07, 6.45) is 5.90. The lowest BCUT2D eigenvalue weighted by Crippen LogP contribution is -2.27. The number of nitrogens with one attached hydrogen (secondary N) is 1. The number of anilines is 1. The zero-order valence-electron chi connectivity index (χ0n) is 10.4. The normalized spacial score (nSPS) is 14.5. The van der Waals surface area contributed by atoms with Gasteiger partial charge in [-0.25, -0.2) is 0 Å². The average Bonchev–Trinajstić information content (AvgIpc) is 2.96. The molecule has 3 rings (SSSR count). The van der Waals surface area contributed by atoms with Crippen LogP contribution in [0.25, 0.3) is 0 Å². The highest BCUT2D eigenvalue weighted by Gasteiger charge is 2.27. The molecular formula is C12H15N5O2. The Morgan fingerprint density at radius 2 is 2.42 bits per heavy atom. The van der Waals surface area contributed by atoms with Crippen molar-refractivity contribution in [1.29, 1.82) is 0 Å². The summed E-state index contributed by atoms with van der Waals surface area (Å²) in [6.45, 7) is 0.455. The van der Waals surface area contributed by atoms with Gasteiger partial charge in [-0.15, -0.1) is 0 Å². The fourth-order valence-electron chi connectivity index (χ4n) is 2.02. The molecule has 2 aromatic heterocycles. The van der Waals surface area contributed by atoms with E-state index in [1.165, 1.54) is 6.33 Å². The van der Waals surface area contributed by atoms with E-state index < -0.39 is 0 Å². The van der Waals surface area contributed by atoms with Gasteiger partial charge in [0.2, 0.25) is 5.89 Å². The molecule has 0 aliphatic heterocycles. The molecule has 1 amide bonds. The fourth-order valence-corrected chi connectivity index (χ4v) is 2.02. The van der Waals surface area contributed by atoms with Crippen molar-refractivity contribution in [2.75, 3.05) is 12.3 Å². The molecule has 0 unspecified atom stereocenters. The molecule has 1 fully saturated rings. The maximum Gasteiger partial charge on any atom is 0.268 e. The molecule has 1 aliphatic rings. The molecule has 7 heteroatoms. The first-order valence-corrected chi connectivity index (χ1v) is 6.25. The molecule has 1 saturated carbocycles. The predicted molar refractivity (Wildman–Crippen MR) is 67.5 cm³/mol. The molecule has 19 heavy (non-hydrogen) atoms. The first-order chi connectivity index (χ1) is 9.24. The third-order valence-corrected chi connectivity index (χ3v) is 3.07. The van der Waals surface area contributed by atoms with Crippen LogP contribution in [0, 0.1) is 0 Å². The number of nitrogens with zero attached hydrogens (tertiary/aromatic N) is 3. The molecule has 7 nitrogen and oxygen atoms in total. The van der Waals surface area contributed by atoms with Gasteiger partial charge in [-0.2, -0.15) is 4.98 Å². The van der Waals surface area contributed by atoms with Crippen LogP contribution in [0.1, 0.15) is 35.3 Å². The Labute approximate surface area is 109 Å². The molecule has 0 aromatic carbocycles. The van der Waals surface area contributed by atoms with Crippen molar-refractivity contribution in [1.82, 2.24) is 20.0 Å². The van der Waals surface area contributed by atoms with Crippen molar-refractivity contribution in [2.45, 2.75) is 25.3 Å². The summed E-state index contributed by atoms with van der Waals surface area (Å²) >= 11 is 0. The monoisotopic (exact) mass is 261 g/mol. The van der Waals surface area contributed by atoms with Gasteiger partial charge >= 0.3 is 0 Å². The van der Waals surface area contributed by atoms with Crippen LogP contribution in [0.3, 0.4) is 0 Å². The van der Waals surface area contributed by atoms with Gasteiger partial charge in [0.05, 0.1) is 5.69 Å². The Balaban J connectivity index is 1.60. The van der Waals surface area contributed by atoms with E-state index in [0.717, 1.165) is 12.8 Å². The maximum absolute atomic E-state index is 12.1. The van der Waals surface area contributed by atoms with E-state index in [9.17, 15) is 4.79 Å². The maximum atomic E-state index is 12.1. The molecule has 2 aromatic rings. The largest absolute Gasteiger partial charge is 0.397 e. The number of nitrogens with two attached hydrogens (primary N) is 1. The second-order valence-corrected chi connectivity index (χ2v) is 4.64. The molecule has 3 N–H and O–H groups in total. The number of hydrogen-bond acceptors (Lipinski definition) is 5. The van der Waals surface area contributed by atoms with Gasteiger partial charge in [-0.1, -0.05) is 5.16 Å². The van der Waals surface area contributed by atoms with Crippen molar-refractivity contribution in [3.63, 3.8) is 0 Å². The van der Waals surface area contributed by atoms with Crippen LogP contribution in [0.4, 0.5) is 5.69 Å². The SMILES string of the molecule is Nc1cc(C(=O)NCCc2ncno2)n(C2CC2)c1. The molecule has 0 bridgehead atoms. The van der Waals surface area contributed by atoms with Gasteiger partial charge in [-0.3, -0.25) is 4.79 Å². The Kier molecular flexibility index (Phi) is 2.94. The van der Waals surface area contributed by atoms with Gasteiger partial charge in [-0.05, 0) is 18.9 Å². The summed E-state index contributed by atoms with van der Waals surface area (Å²) in [5.74, 6) is 0.389. The van der Waals surface area contributed by atoms with Gasteiger partial charge in [0.25, 0.3) is 5.91 Å². The highest BCUT2D eigenvalue weighted by atomic mass is 16.5. The smallest absolute Gasteiger partial charge is 0.268 e. The van der Waals surface area contributed by atoms with Gasteiger partial charge in [0, 0.05) is 25.2 Å². The standard InChI is InChI=1S/C12H15N5O2/c13-8-5-10(17(6-8)9-1-2-9)12(18)14-4-3-11-15-7-16-19-11/h5-7,9H,1-4,13H2,(H,14,18). The van der Waals surface area contributed by atoms with Crippen molar-refractivity contribution in [3.05, 3.63) is 30.2 Å². The van der Waals surface area contributed by atoms with E-state index >= 15 is 0 Å². The number of rotatable bonds is 5. The third-order valence-electron chi connectivity index (χ3n) is 3.07. The number of hydrogen-bond donors (Lipinski definition) is 2. The minimum absolute atomic E-state index is 0.122.